The molecule has 0 rings (SSSR count). The van der Waals surface area contributed by atoms with Crippen molar-refractivity contribution in [2.24, 2.45) is 0 Å². The summed E-state index contributed by atoms with van der Waals surface area (Å²) < 4.78 is 21.8. The van der Waals surface area contributed by atoms with Gasteiger partial charge in [-0.1, -0.05) is 0 Å². The first kappa shape index (κ1) is 12.6. The average molecular weight is 238 g/mol. The predicted octanol–water partition coefficient (Wildman–Crippen LogP) is 0.281. The lowest BCUT2D eigenvalue weighted by molar-refractivity contribution is -0.135. The molecule has 0 saturated heterocycles. The fourth-order valence-corrected chi connectivity index (χ4v) is 1.89. The second-order valence-corrected chi connectivity index (χ2v) is 5.38. The van der Waals surface area contributed by atoms with E-state index in [2.05, 4.69) is 25.7 Å². The lowest BCUT2D eigenvalue weighted by atomic mass is 10.9. The minimum absolute atomic E-state index is 0.0539. The highest BCUT2D eigenvalue weighted by molar-refractivity contribution is 8.07. The molecule has 0 saturated carbocycles. The van der Waals surface area contributed by atoms with Crippen LogP contribution in [0.15, 0.2) is 0 Å². The maximum Gasteiger partial charge on any atom is 0.497 e. The quantitative estimate of drug-likeness (QED) is 0.356. The van der Waals surface area contributed by atoms with Crippen LogP contribution in [0.5, 0.6) is 0 Å². The first-order chi connectivity index (χ1) is 5.27. The zero-order chi connectivity index (χ0) is 9.83. The van der Waals surface area contributed by atoms with Crippen molar-refractivity contribution in [2.75, 3.05) is 6.61 Å². The fraction of sp³-hybridized carbons (Fsp3) is 1.00. The van der Waals surface area contributed by atoms with Gasteiger partial charge in [0.2, 0.25) is 0 Å². The van der Waals surface area contributed by atoms with Gasteiger partial charge in [-0.05, 0) is 18.7 Å². The predicted molar refractivity (Wildman–Crippen MR) is 42.3 cm³/mol. The number of hydrogen-bond acceptors (Lipinski definition) is 5. The van der Waals surface area contributed by atoms with E-state index in [-0.39, 0.29) is 6.61 Å². The molecule has 0 fully saturated rings. The van der Waals surface area contributed by atoms with Crippen molar-refractivity contribution < 1.29 is 33.1 Å². The van der Waals surface area contributed by atoms with Gasteiger partial charge in [-0.3, -0.25) is 0 Å². The summed E-state index contributed by atoms with van der Waals surface area (Å²) >= 11 is 4.26. The largest absolute Gasteiger partial charge is 0.497 e. The molecule has 0 bridgehead atoms. The van der Waals surface area contributed by atoms with E-state index in [0.717, 1.165) is 0 Å². The minimum atomic E-state index is -4.79. The Balaban J connectivity index is 3.93. The van der Waals surface area contributed by atoms with E-state index in [1.807, 2.05) is 0 Å². The molecule has 0 aromatic carbocycles. The third kappa shape index (κ3) is 7.30. The highest BCUT2D eigenvalue weighted by atomic mass is 32.5. The average Bonchev–Trinajstić information content (AvgIpc) is 1.83. The Morgan fingerprint density at radius 1 is 1.33 bits per heavy atom. The van der Waals surface area contributed by atoms with Crippen molar-refractivity contribution in [1.29, 1.82) is 0 Å². The van der Waals surface area contributed by atoms with E-state index in [4.69, 9.17) is 14.7 Å². The van der Waals surface area contributed by atoms with Crippen molar-refractivity contribution in [3.63, 3.8) is 0 Å². The van der Waals surface area contributed by atoms with Crippen LogP contribution in [0.25, 0.3) is 0 Å². The van der Waals surface area contributed by atoms with Crippen LogP contribution >= 0.6 is 14.5 Å². The van der Waals surface area contributed by atoms with Crippen LogP contribution in [0, 0.1) is 0 Å². The van der Waals surface area contributed by atoms with E-state index in [1.54, 1.807) is 0 Å². The summed E-state index contributed by atoms with van der Waals surface area (Å²) in [6, 6.07) is 0. The molecule has 0 aromatic rings. The molecule has 0 spiro atoms. The van der Waals surface area contributed by atoms with Gasteiger partial charge in [-0.2, -0.15) is 0 Å². The highest BCUT2D eigenvalue weighted by Crippen LogP contribution is 2.49. The molecule has 3 N–H and O–H groups in total. The maximum atomic E-state index is 10.0. The van der Waals surface area contributed by atoms with Crippen molar-refractivity contribution >= 4 is 26.3 Å². The topological polar surface area (TPSA) is 105 Å². The normalized spacial score (nSPS) is 17.3. The van der Waals surface area contributed by atoms with Gasteiger partial charge in [0.1, 0.15) is 0 Å². The minimum Gasteiger partial charge on any atom is -0.323 e. The van der Waals surface area contributed by atoms with E-state index in [1.165, 1.54) is 6.92 Å². The zero-order valence-corrected chi connectivity index (χ0v) is 8.59. The van der Waals surface area contributed by atoms with Gasteiger partial charge in [-0.25, -0.2) is 4.57 Å². The van der Waals surface area contributed by atoms with Gasteiger partial charge in [-0.15, -0.1) is 9.35 Å². The lowest BCUT2D eigenvalue weighted by Crippen LogP contribution is -1.94. The van der Waals surface area contributed by atoms with E-state index >= 15 is 0 Å². The first-order valence-corrected chi connectivity index (χ1v) is 6.80. The summed E-state index contributed by atoms with van der Waals surface area (Å²) in [5.41, 5.74) is 0. The Morgan fingerprint density at radius 2 is 1.83 bits per heavy atom. The smallest absolute Gasteiger partial charge is 0.323 e. The molecule has 7 nitrogen and oxygen atoms in total. The van der Waals surface area contributed by atoms with E-state index in [0.29, 0.717) is 0 Å². The Morgan fingerprint density at radius 3 is 2.17 bits per heavy atom. The first-order valence-electron chi connectivity index (χ1n) is 2.68. The molecular formula is C2H8O7P2S. The second-order valence-electron chi connectivity index (χ2n) is 1.53. The fourth-order valence-electron chi connectivity index (χ4n) is 0.270. The van der Waals surface area contributed by atoms with Gasteiger partial charge < -0.3 is 19.2 Å². The van der Waals surface area contributed by atoms with Gasteiger partial charge in [0.05, 0.1) is 6.61 Å². The molecule has 0 aliphatic carbocycles. The van der Waals surface area contributed by atoms with Gasteiger partial charge in [0.15, 0.2) is 0 Å². The van der Waals surface area contributed by atoms with Gasteiger partial charge in [0, 0.05) is 0 Å². The second kappa shape index (κ2) is 4.76. The molecular weight excluding hydrogens is 230 g/mol. The third-order valence-electron chi connectivity index (χ3n) is 0.517. The molecule has 12 heavy (non-hydrogen) atoms. The standard InChI is InChI=1S/C2H8O7P2S/c1-2-7-11(6,12)9-8-10(3,4)5/h2H2,1H3,(H,6,12)(H2,3,4,5). The van der Waals surface area contributed by atoms with Crippen LogP contribution in [0.3, 0.4) is 0 Å². The van der Waals surface area contributed by atoms with Crippen molar-refractivity contribution in [2.45, 2.75) is 6.92 Å². The molecule has 0 aliphatic rings. The highest BCUT2D eigenvalue weighted by Gasteiger charge is 2.23. The SMILES string of the molecule is CCOP(O)(=S)OOP(=O)(O)O. The Bertz CT molecular complexity index is 221. The molecule has 10 heteroatoms. The summed E-state index contributed by atoms with van der Waals surface area (Å²) in [4.78, 5) is 25.1. The van der Waals surface area contributed by atoms with Gasteiger partial charge in [0.25, 0.3) is 0 Å². The van der Waals surface area contributed by atoms with Crippen LogP contribution in [0.2, 0.25) is 0 Å². The van der Waals surface area contributed by atoms with Crippen molar-refractivity contribution in [3.8, 4) is 0 Å². The van der Waals surface area contributed by atoms with Crippen LogP contribution in [-0.4, -0.2) is 21.3 Å². The molecule has 0 amide bonds. The summed E-state index contributed by atoms with van der Waals surface area (Å²) in [6.45, 7) is -2.09. The lowest BCUT2D eigenvalue weighted by Gasteiger charge is -2.12. The maximum absolute atomic E-state index is 10.0. The molecule has 74 valence electrons. The molecule has 0 aliphatic heterocycles. The summed E-state index contributed by atoms with van der Waals surface area (Å²) in [5, 5.41) is 0. The number of phosphoric acid groups is 1. The molecule has 0 radical (unpaired) electrons. The summed E-state index contributed by atoms with van der Waals surface area (Å²) in [5.74, 6) is 0. The van der Waals surface area contributed by atoms with Crippen LogP contribution in [0.1, 0.15) is 6.92 Å². The Kier molecular flexibility index (Phi) is 5.01. The summed E-state index contributed by atoms with van der Waals surface area (Å²) in [7, 11) is -4.79. The third-order valence-corrected chi connectivity index (χ3v) is 2.25. The van der Waals surface area contributed by atoms with Gasteiger partial charge >= 0.3 is 14.5 Å². The monoisotopic (exact) mass is 238 g/mol. The Hall–Kier alpha value is 0.640. The summed E-state index contributed by atoms with van der Waals surface area (Å²) in [6.07, 6.45) is 0. The van der Waals surface area contributed by atoms with Crippen LogP contribution < -0.4 is 0 Å². The van der Waals surface area contributed by atoms with Crippen LogP contribution in [-0.2, 0) is 30.2 Å². The molecule has 0 aromatic heterocycles. The van der Waals surface area contributed by atoms with E-state index in [9.17, 15) is 4.57 Å². The van der Waals surface area contributed by atoms with Crippen molar-refractivity contribution in [3.05, 3.63) is 0 Å². The molecule has 0 heterocycles. The molecule has 1 atom stereocenters. The van der Waals surface area contributed by atoms with Crippen LogP contribution in [0.4, 0.5) is 0 Å². The number of rotatable bonds is 5. The number of hydrogen-bond donors (Lipinski definition) is 3. The van der Waals surface area contributed by atoms with E-state index < -0.39 is 14.5 Å². The molecule has 1 unspecified atom stereocenters. The zero-order valence-electron chi connectivity index (χ0n) is 5.98. The van der Waals surface area contributed by atoms with Crippen molar-refractivity contribution in [1.82, 2.24) is 0 Å². The Labute approximate surface area is 73.7 Å².